The van der Waals surface area contributed by atoms with Gasteiger partial charge < -0.3 is 10.2 Å². The molecule has 6 nitrogen and oxygen atoms in total. The molecule has 0 bridgehead atoms. The van der Waals surface area contributed by atoms with Crippen LogP contribution in [0.25, 0.3) is 16.1 Å². The molecule has 2 heterocycles. The van der Waals surface area contributed by atoms with Gasteiger partial charge in [-0.2, -0.15) is 0 Å². The second-order valence-electron chi connectivity index (χ2n) is 8.39. The van der Waals surface area contributed by atoms with Crippen LogP contribution in [-0.2, 0) is 14.6 Å². The number of nitrogens with zero attached hydrogens (tertiary/aromatic N) is 1. The van der Waals surface area contributed by atoms with Gasteiger partial charge in [0.15, 0.2) is 9.84 Å². The summed E-state index contributed by atoms with van der Waals surface area (Å²) >= 11 is 7.80. The fourth-order valence-corrected chi connectivity index (χ4v) is 5.69. The van der Waals surface area contributed by atoms with Gasteiger partial charge in [0.1, 0.15) is 5.71 Å². The normalized spacial score (nSPS) is 14.6. The van der Waals surface area contributed by atoms with Crippen molar-refractivity contribution in [2.75, 3.05) is 24.7 Å². The van der Waals surface area contributed by atoms with E-state index in [1.54, 1.807) is 35.2 Å². The molecule has 0 unspecified atom stereocenters. The van der Waals surface area contributed by atoms with E-state index in [0.717, 1.165) is 34.6 Å². The molecule has 0 aliphatic carbocycles. The number of hydrogen-bond acceptors (Lipinski definition) is 6. The van der Waals surface area contributed by atoms with Crippen LogP contribution in [0.5, 0.6) is 0 Å². The number of benzene rings is 2. The Kier molecular flexibility index (Phi) is 7.74. The molecule has 35 heavy (non-hydrogen) atoms. The Morgan fingerprint density at radius 3 is 2.51 bits per heavy atom. The minimum absolute atomic E-state index is 0.101. The monoisotopic (exact) mass is 527 g/mol. The number of hydrogen-bond donors (Lipinski definition) is 2. The topological polar surface area (TPSA) is 90.3 Å². The predicted molar refractivity (Wildman–Crippen MR) is 144 cm³/mol. The molecule has 3 aromatic rings. The Morgan fingerprint density at radius 2 is 1.80 bits per heavy atom. The molecule has 0 atom stereocenters. The largest absolute Gasteiger partial charge is 0.353 e. The summed E-state index contributed by atoms with van der Waals surface area (Å²) in [6.07, 6.45) is 5.74. The van der Waals surface area contributed by atoms with Crippen LogP contribution in [0.15, 0.2) is 71.6 Å². The highest BCUT2D eigenvalue weighted by molar-refractivity contribution is 7.90. The molecule has 4 rings (SSSR count). The number of likely N-dealkylation sites (tertiary alicyclic amines) is 1. The van der Waals surface area contributed by atoms with E-state index < -0.39 is 9.84 Å². The van der Waals surface area contributed by atoms with Gasteiger partial charge in [-0.05, 0) is 67.3 Å². The first-order valence-electron chi connectivity index (χ1n) is 11.2. The van der Waals surface area contributed by atoms with Gasteiger partial charge >= 0.3 is 0 Å². The molecule has 1 saturated heterocycles. The first-order valence-corrected chi connectivity index (χ1v) is 14.3. The SMILES string of the molecule is CS(=O)(=O)c1cccc(-c2ccc(/C(=C/C(=N)C(=O)N3CCCCC3)Nc3ccccc3Cl)s2)c1. The van der Waals surface area contributed by atoms with Gasteiger partial charge in [-0.15, -0.1) is 11.3 Å². The van der Waals surface area contributed by atoms with E-state index in [0.29, 0.717) is 29.5 Å². The summed E-state index contributed by atoms with van der Waals surface area (Å²) in [5.41, 5.74) is 1.91. The van der Waals surface area contributed by atoms with Gasteiger partial charge in [-0.3, -0.25) is 10.2 Å². The molecule has 9 heteroatoms. The minimum Gasteiger partial charge on any atom is -0.353 e. The van der Waals surface area contributed by atoms with E-state index in [9.17, 15) is 13.2 Å². The van der Waals surface area contributed by atoms with E-state index in [2.05, 4.69) is 5.32 Å². The molecule has 182 valence electrons. The molecule has 0 saturated carbocycles. The Labute approximate surface area is 214 Å². The van der Waals surface area contributed by atoms with Crippen LogP contribution >= 0.6 is 22.9 Å². The van der Waals surface area contributed by atoms with Gasteiger partial charge in [0.25, 0.3) is 5.91 Å². The number of nitrogens with one attached hydrogen (secondary N) is 2. The van der Waals surface area contributed by atoms with E-state index in [1.165, 1.54) is 17.6 Å². The third-order valence-electron chi connectivity index (χ3n) is 5.72. The van der Waals surface area contributed by atoms with Crippen molar-refractivity contribution in [3.05, 3.63) is 76.6 Å². The number of halogens is 1. The van der Waals surface area contributed by atoms with Crippen LogP contribution in [0.4, 0.5) is 5.69 Å². The number of anilines is 1. The lowest BCUT2D eigenvalue weighted by Gasteiger charge is -2.26. The van der Waals surface area contributed by atoms with Crippen molar-refractivity contribution in [3.8, 4) is 10.4 Å². The first-order chi connectivity index (χ1) is 16.7. The van der Waals surface area contributed by atoms with Crippen molar-refractivity contribution in [1.29, 1.82) is 5.41 Å². The molecule has 0 spiro atoms. The quantitative estimate of drug-likeness (QED) is 0.371. The van der Waals surface area contributed by atoms with Crippen LogP contribution in [0.2, 0.25) is 5.02 Å². The average molecular weight is 528 g/mol. The summed E-state index contributed by atoms with van der Waals surface area (Å²) in [6.45, 7) is 1.34. The molecular formula is C26H26ClN3O3S2. The van der Waals surface area contributed by atoms with Gasteiger partial charge in [-0.1, -0.05) is 35.9 Å². The molecule has 1 amide bonds. The smallest absolute Gasteiger partial charge is 0.271 e. The van der Waals surface area contributed by atoms with Gasteiger partial charge in [-0.25, -0.2) is 8.42 Å². The van der Waals surface area contributed by atoms with Crippen LogP contribution in [-0.4, -0.2) is 44.3 Å². The first kappa shape index (κ1) is 25.2. The molecule has 1 fully saturated rings. The minimum atomic E-state index is -3.33. The maximum Gasteiger partial charge on any atom is 0.271 e. The van der Waals surface area contributed by atoms with Crippen molar-refractivity contribution in [1.82, 2.24) is 4.90 Å². The van der Waals surface area contributed by atoms with Crippen molar-refractivity contribution < 1.29 is 13.2 Å². The van der Waals surface area contributed by atoms with E-state index in [1.807, 2.05) is 36.4 Å². The second kappa shape index (κ2) is 10.8. The molecule has 1 aliphatic rings. The van der Waals surface area contributed by atoms with Crippen LogP contribution in [0, 0.1) is 5.41 Å². The Bertz CT molecular complexity index is 1390. The van der Waals surface area contributed by atoms with Crippen LogP contribution < -0.4 is 5.32 Å². The van der Waals surface area contributed by atoms with E-state index in [4.69, 9.17) is 17.0 Å². The summed E-state index contributed by atoms with van der Waals surface area (Å²) in [4.78, 5) is 16.5. The lowest BCUT2D eigenvalue weighted by molar-refractivity contribution is -0.124. The van der Waals surface area contributed by atoms with Crippen molar-refractivity contribution in [3.63, 3.8) is 0 Å². The standard InChI is InChI=1S/C26H26ClN3O3S2/c1-35(32,33)19-9-7-8-18(16-19)24-12-13-25(34-24)23(29-22-11-4-3-10-20(22)27)17-21(28)26(31)30-14-5-2-6-15-30/h3-4,7-13,16-17,28-29H,2,5-6,14-15H2,1H3/b23-17-,28-21?. The Hall–Kier alpha value is -2.94. The lowest BCUT2D eigenvalue weighted by Crippen LogP contribution is -2.39. The number of thiophene rings is 1. The second-order valence-corrected chi connectivity index (χ2v) is 11.9. The Morgan fingerprint density at radius 1 is 1.06 bits per heavy atom. The van der Waals surface area contributed by atoms with E-state index in [-0.39, 0.29) is 16.5 Å². The summed E-state index contributed by atoms with van der Waals surface area (Å²) in [5, 5.41) is 12.3. The third-order valence-corrected chi connectivity index (χ3v) is 8.33. The molecule has 1 aromatic heterocycles. The highest BCUT2D eigenvalue weighted by Crippen LogP contribution is 2.34. The van der Waals surface area contributed by atoms with Crippen molar-refractivity contribution >= 4 is 55.8 Å². The zero-order valence-corrected chi connectivity index (χ0v) is 21.6. The van der Waals surface area contributed by atoms with Crippen molar-refractivity contribution in [2.45, 2.75) is 24.2 Å². The summed E-state index contributed by atoms with van der Waals surface area (Å²) in [5.74, 6) is -0.291. The number of piperidine rings is 1. The fraction of sp³-hybridized carbons (Fsp3) is 0.231. The maximum absolute atomic E-state index is 12.9. The summed E-state index contributed by atoms with van der Waals surface area (Å²) < 4.78 is 24.0. The summed E-state index contributed by atoms with van der Waals surface area (Å²) in [7, 11) is -3.33. The van der Waals surface area contributed by atoms with Gasteiger partial charge in [0, 0.05) is 24.2 Å². The number of amides is 1. The van der Waals surface area contributed by atoms with Gasteiger partial charge in [0.2, 0.25) is 0 Å². The zero-order valence-electron chi connectivity index (χ0n) is 19.3. The van der Waals surface area contributed by atoms with E-state index >= 15 is 0 Å². The maximum atomic E-state index is 12.9. The number of para-hydroxylation sites is 1. The number of carbonyl (C=O) groups excluding carboxylic acids is 1. The van der Waals surface area contributed by atoms with Crippen LogP contribution in [0.1, 0.15) is 24.1 Å². The number of rotatable bonds is 7. The van der Waals surface area contributed by atoms with Crippen molar-refractivity contribution in [2.24, 2.45) is 0 Å². The zero-order chi connectivity index (χ0) is 25.0. The molecule has 0 radical (unpaired) electrons. The average Bonchev–Trinajstić information content (AvgIpc) is 3.35. The number of sulfone groups is 1. The fourth-order valence-electron chi connectivity index (χ4n) is 3.87. The molecular weight excluding hydrogens is 502 g/mol. The Balaban J connectivity index is 1.68. The third kappa shape index (κ3) is 6.20. The summed E-state index contributed by atoms with van der Waals surface area (Å²) in [6, 6.07) is 17.9. The molecule has 2 aromatic carbocycles. The highest BCUT2D eigenvalue weighted by atomic mass is 35.5. The predicted octanol–water partition coefficient (Wildman–Crippen LogP) is 5.96. The lowest BCUT2D eigenvalue weighted by atomic mass is 10.1. The van der Waals surface area contributed by atoms with Crippen LogP contribution in [0.3, 0.4) is 0 Å². The highest BCUT2D eigenvalue weighted by Gasteiger charge is 2.21. The molecule has 2 N–H and O–H groups in total. The molecule has 1 aliphatic heterocycles. The van der Waals surface area contributed by atoms with Gasteiger partial charge in [0.05, 0.1) is 26.2 Å². The number of carbonyl (C=O) groups is 1.